The number of carbonyl (C=O) groups excluding carboxylic acids is 1. The maximum Gasteiger partial charge on any atom is 0.338 e. The van der Waals surface area contributed by atoms with Gasteiger partial charge in [-0.1, -0.05) is 39.4 Å². The Kier molecular flexibility index (Phi) is 7.29. The highest BCUT2D eigenvalue weighted by atomic mass is 79.9. The summed E-state index contributed by atoms with van der Waals surface area (Å²) in [5, 5.41) is 33.4. The molecule has 12 nitrogen and oxygen atoms in total. The number of aromatic nitrogens is 1. The number of phenols is 1. The summed E-state index contributed by atoms with van der Waals surface area (Å²) in [7, 11) is 0. The third-order valence-corrected chi connectivity index (χ3v) is 7.27. The van der Waals surface area contributed by atoms with Crippen LogP contribution in [0.1, 0.15) is 36.6 Å². The van der Waals surface area contributed by atoms with E-state index in [0.717, 1.165) is 17.4 Å². The number of hydrogen-bond acceptors (Lipinski definition) is 10. The number of aromatic hydroxyl groups is 1. The first-order valence-electron chi connectivity index (χ1n) is 11.1. The highest BCUT2D eigenvalue weighted by molar-refractivity contribution is 9.10. The van der Waals surface area contributed by atoms with Crippen molar-refractivity contribution in [2.75, 3.05) is 6.61 Å². The Morgan fingerprint density at radius 2 is 1.89 bits per heavy atom. The SMILES string of the molecule is CCOC(=O)C1=C(C)N=c2s/c(=C/c3cc(Br)cc([N+](=O)[O-])c3O)c(=O)n2[C@H]1c1ccc(C)c([N+](=O)[O-])c1. The Balaban J connectivity index is 2.02. The molecule has 1 N–H and O–H groups in total. The van der Waals surface area contributed by atoms with Crippen LogP contribution in [0.25, 0.3) is 6.08 Å². The number of nitrogens with zero attached hydrogens (tertiary/aromatic N) is 4. The van der Waals surface area contributed by atoms with Gasteiger partial charge in [0.15, 0.2) is 4.80 Å². The maximum atomic E-state index is 13.7. The molecule has 4 rings (SSSR count). The molecule has 0 radical (unpaired) electrons. The van der Waals surface area contributed by atoms with Crippen molar-refractivity contribution < 1.29 is 24.5 Å². The quantitative estimate of drug-likeness (QED) is 0.254. The number of ether oxygens (including phenoxy) is 1. The summed E-state index contributed by atoms with van der Waals surface area (Å²) in [4.78, 5) is 52.9. The average Bonchev–Trinajstić information content (AvgIpc) is 3.14. The van der Waals surface area contributed by atoms with Gasteiger partial charge in [-0.05, 0) is 38.5 Å². The second-order valence-electron chi connectivity index (χ2n) is 8.23. The zero-order valence-electron chi connectivity index (χ0n) is 20.1. The summed E-state index contributed by atoms with van der Waals surface area (Å²) in [6.07, 6.45) is 1.29. The molecule has 1 aliphatic heterocycles. The monoisotopic (exact) mass is 602 g/mol. The molecule has 0 spiro atoms. The third kappa shape index (κ3) is 4.75. The van der Waals surface area contributed by atoms with E-state index in [-0.39, 0.29) is 38.5 Å². The minimum atomic E-state index is -1.09. The molecule has 0 unspecified atom stereocenters. The van der Waals surface area contributed by atoms with Gasteiger partial charge in [0.25, 0.3) is 11.2 Å². The molecular weight excluding hydrogens is 584 g/mol. The van der Waals surface area contributed by atoms with Crippen LogP contribution in [-0.4, -0.2) is 32.1 Å². The summed E-state index contributed by atoms with van der Waals surface area (Å²) < 4.78 is 6.82. The number of aryl methyl sites for hydroxylation is 1. The van der Waals surface area contributed by atoms with Crippen LogP contribution < -0.4 is 14.9 Å². The number of nitro benzene ring substituents is 2. The van der Waals surface area contributed by atoms with Crippen molar-refractivity contribution in [3.8, 4) is 5.75 Å². The number of nitro groups is 2. The summed E-state index contributed by atoms with van der Waals surface area (Å²) in [5.41, 5.74) is -0.323. The normalized spacial score (nSPS) is 15.2. The lowest BCUT2D eigenvalue weighted by molar-refractivity contribution is -0.386. The number of esters is 1. The second kappa shape index (κ2) is 10.3. The average molecular weight is 603 g/mol. The molecule has 2 aromatic carbocycles. The number of carbonyl (C=O) groups is 1. The predicted molar refractivity (Wildman–Crippen MR) is 141 cm³/mol. The van der Waals surface area contributed by atoms with Crippen LogP contribution in [0.15, 0.2) is 55.9 Å². The molecule has 196 valence electrons. The van der Waals surface area contributed by atoms with Crippen molar-refractivity contribution in [2.45, 2.75) is 26.8 Å². The molecule has 0 saturated carbocycles. The van der Waals surface area contributed by atoms with Crippen LogP contribution in [0.3, 0.4) is 0 Å². The molecule has 0 fully saturated rings. The summed E-state index contributed by atoms with van der Waals surface area (Å²) in [6.45, 7) is 4.83. The molecule has 2 heterocycles. The summed E-state index contributed by atoms with van der Waals surface area (Å²) in [5.74, 6) is -1.35. The molecule has 3 aromatic rings. The smallest absolute Gasteiger partial charge is 0.338 e. The summed E-state index contributed by atoms with van der Waals surface area (Å²) in [6, 6.07) is 5.88. The van der Waals surface area contributed by atoms with Gasteiger partial charge in [-0.25, -0.2) is 9.79 Å². The van der Waals surface area contributed by atoms with E-state index in [1.165, 1.54) is 28.8 Å². The molecule has 0 bridgehead atoms. The van der Waals surface area contributed by atoms with Crippen LogP contribution in [0.5, 0.6) is 5.75 Å². The summed E-state index contributed by atoms with van der Waals surface area (Å²) >= 11 is 4.11. The van der Waals surface area contributed by atoms with E-state index in [2.05, 4.69) is 20.9 Å². The molecular formula is C24H19BrN4O8S. The maximum absolute atomic E-state index is 13.7. The molecule has 1 aromatic heterocycles. The number of halogens is 1. The van der Waals surface area contributed by atoms with Crippen LogP contribution in [0, 0.1) is 27.2 Å². The van der Waals surface area contributed by atoms with E-state index < -0.39 is 38.9 Å². The third-order valence-electron chi connectivity index (χ3n) is 5.83. The molecule has 1 aliphatic rings. The van der Waals surface area contributed by atoms with E-state index in [9.17, 15) is 34.9 Å². The Bertz CT molecular complexity index is 1740. The van der Waals surface area contributed by atoms with Gasteiger partial charge in [0, 0.05) is 27.7 Å². The fourth-order valence-electron chi connectivity index (χ4n) is 4.10. The van der Waals surface area contributed by atoms with E-state index >= 15 is 0 Å². The van der Waals surface area contributed by atoms with E-state index in [1.807, 2.05) is 0 Å². The van der Waals surface area contributed by atoms with Gasteiger partial charge < -0.3 is 9.84 Å². The van der Waals surface area contributed by atoms with Crippen LogP contribution in [0.2, 0.25) is 0 Å². The number of thiazole rings is 1. The van der Waals surface area contributed by atoms with Crippen molar-refractivity contribution in [2.24, 2.45) is 4.99 Å². The van der Waals surface area contributed by atoms with Gasteiger partial charge in [-0.3, -0.25) is 29.6 Å². The number of benzene rings is 2. The van der Waals surface area contributed by atoms with Gasteiger partial charge in [0.05, 0.1) is 38.3 Å². The molecule has 38 heavy (non-hydrogen) atoms. The highest BCUT2D eigenvalue weighted by Crippen LogP contribution is 2.35. The largest absolute Gasteiger partial charge is 0.502 e. The lowest BCUT2D eigenvalue weighted by Crippen LogP contribution is -2.40. The highest BCUT2D eigenvalue weighted by Gasteiger charge is 2.34. The van der Waals surface area contributed by atoms with Gasteiger partial charge in [-0.15, -0.1) is 0 Å². The fourth-order valence-corrected chi connectivity index (χ4v) is 5.60. The molecule has 0 amide bonds. The topological polar surface area (TPSA) is 167 Å². The molecule has 14 heteroatoms. The predicted octanol–water partition coefficient (Wildman–Crippen LogP) is 3.39. The Morgan fingerprint density at radius 1 is 1.21 bits per heavy atom. The number of phenolic OH excluding ortho intramolecular Hbond substituents is 1. The van der Waals surface area contributed by atoms with Crippen LogP contribution in [-0.2, 0) is 9.53 Å². The van der Waals surface area contributed by atoms with Crippen molar-refractivity contribution in [3.63, 3.8) is 0 Å². The molecule has 0 saturated heterocycles. The Labute approximate surface area is 226 Å². The van der Waals surface area contributed by atoms with E-state index in [4.69, 9.17) is 4.74 Å². The van der Waals surface area contributed by atoms with Crippen molar-refractivity contribution >= 4 is 50.7 Å². The standard InChI is InChI=1S/C24H19BrN4O8S/c1-4-37-23(32)19-12(3)26-24-27(20(19)13-6-5-11(2)16(8-13)28(33)34)22(31)18(38-24)9-14-7-15(25)10-17(21(14)30)29(35)36/h5-10,20,30H,4H2,1-3H3/b18-9+/t20-/m0/s1. The van der Waals surface area contributed by atoms with Gasteiger partial charge in [0.2, 0.25) is 5.75 Å². The van der Waals surface area contributed by atoms with E-state index in [0.29, 0.717) is 15.6 Å². The zero-order chi connectivity index (χ0) is 27.9. The first-order chi connectivity index (χ1) is 17.9. The molecule has 0 aliphatic carbocycles. The van der Waals surface area contributed by atoms with E-state index in [1.54, 1.807) is 26.8 Å². The minimum absolute atomic E-state index is 0.0141. The lowest BCUT2D eigenvalue weighted by Gasteiger charge is -2.24. The number of fused-ring (bicyclic) bond motifs is 1. The number of rotatable bonds is 6. The first kappa shape index (κ1) is 26.9. The van der Waals surface area contributed by atoms with Gasteiger partial charge in [-0.2, -0.15) is 0 Å². The van der Waals surface area contributed by atoms with Crippen molar-refractivity contribution in [1.29, 1.82) is 0 Å². The van der Waals surface area contributed by atoms with Crippen LogP contribution in [0.4, 0.5) is 11.4 Å². The first-order valence-corrected chi connectivity index (χ1v) is 12.7. The number of hydrogen-bond donors (Lipinski definition) is 1. The number of allylic oxidation sites excluding steroid dienone is 1. The fraction of sp³-hybridized carbons (Fsp3) is 0.208. The Hall–Kier alpha value is -4.17. The lowest BCUT2D eigenvalue weighted by atomic mass is 9.94. The van der Waals surface area contributed by atoms with Gasteiger partial charge in [0.1, 0.15) is 0 Å². The minimum Gasteiger partial charge on any atom is -0.502 e. The zero-order valence-corrected chi connectivity index (χ0v) is 22.5. The van der Waals surface area contributed by atoms with Crippen molar-refractivity contribution in [1.82, 2.24) is 4.57 Å². The molecule has 1 atom stereocenters. The Morgan fingerprint density at radius 3 is 2.53 bits per heavy atom. The second-order valence-corrected chi connectivity index (χ2v) is 10.1. The van der Waals surface area contributed by atoms with Gasteiger partial charge >= 0.3 is 11.7 Å². The van der Waals surface area contributed by atoms with Crippen molar-refractivity contribution in [3.05, 3.63) is 103 Å². The van der Waals surface area contributed by atoms with Crippen LogP contribution >= 0.6 is 27.3 Å².